The van der Waals surface area contributed by atoms with Gasteiger partial charge in [0.2, 0.25) is 0 Å². The molecule has 1 atom stereocenters. The van der Waals surface area contributed by atoms with Crippen LogP contribution < -0.4 is 4.74 Å². The number of carbonyl (C=O) groups excluding carboxylic acids is 1. The van der Waals surface area contributed by atoms with Gasteiger partial charge in [0.05, 0.1) is 18.1 Å². The van der Waals surface area contributed by atoms with Crippen molar-refractivity contribution in [3.05, 3.63) is 29.3 Å². The maximum atomic E-state index is 11.7. The monoisotopic (exact) mass is 226 g/mol. The van der Waals surface area contributed by atoms with Crippen molar-refractivity contribution >= 4 is 17.4 Å². The molecule has 1 unspecified atom stereocenters. The van der Waals surface area contributed by atoms with Gasteiger partial charge in [-0.15, -0.1) is 11.6 Å². The van der Waals surface area contributed by atoms with Gasteiger partial charge >= 0.3 is 0 Å². The number of hydrogen-bond donors (Lipinski definition) is 0. The molecule has 0 aliphatic carbocycles. The number of benzene rings is 1. The van der Waals surface area contributed by atoms with Gasteiger partial charge in [-0.25, -0.2) is 0 Å². The van der Waals surface area contributed by atoms with Crippen molar-refractivity contribution in [2.24, 2.45) is 0 Å². The van der Waals surface area contributed by atoms with Crippen LogP contribution in [0, 0.1) is 0 Å². The van der Waals surface area contributed by atoms with E-state index in [2.05, 4.69) is 6.92 Å². The van der Waals surface area contributed by atoms with Gasteiger partial charge in [0, 0.05) is 0 Å². The van der Waals surface area contributed by atoms with Crippen LogP contribution in [0.2, 0.25) is 0 Å². The van der Waals surface area contributed by atoms with Crippen LogP contribution in [-0.2, 0) is 6.42 Å². The second-order valence-electron chi connectivity index (χ2n) is 3.37. The van der Waals surface area contributed by atoms with Gasteiger partial charge in [-0.3, -0.25) is 4.79 Å². The van der Waals surface area contributed by atoms with Gasteiger partial charge in [-0.1, -0.05) is 13.0 Å². The molecule has 0 aliphatic heterocycles. The largest absolute Gasteiger partial charge is 0.496 e. The van der Waals surface area contributed by atoms with Crippen molar-refractivity contribution in [3.8, 4) is 5.75 Å². The number of ether oxygens (including phenoxy) is 1. The van der Waals surface area contributed by atoms with E-state index in [1.165, 1.54) is 0 Å². The fraction of sp³-hybridized carbons (Fsp3) is 0.417. The lowest BCUT2D eigenvalue weighted by molar-refractivity contribution is 0.0989. The lowest BCUT2D eigenvalue weighted by atomic mass is 10.0. The average Bonchev–Trinajstić information content (AvgIpc) is 2.27. The van der Waals surface area contributed by atoms with E-state index >= 15 is 0 Å². The second kappa shape index (κ2) is 5.17. The number of halogens is 1. The molecule has 0 aliphatic rings. The van der Waals surface area contributed by atoms with Crippen LogP contribution in [0.1, 0.15) is 29.8 Å². The molecule has 0 spiro atoms. The fourth-order valence-corrected chi connectivity index (χ4v) is 1.49. The summed E-state index contributed by atoms with van der Waals surface area (Å²) < 4.78 is 5.18. The van der Waals surface area contributed by atoms with Gasteiger partial charge in [0.1, 0.15) is 5.75 Å². The molecular weight excluding hydrogens is 212 g/mol. The SMILES string of the molecule is CCc1ccc(C(=O)C(C)Cl)c(OC)c1. The van der Waals surface area contributed by atoms with E-state index in [9.17, 15) is 4.79 Å². The van der Waals surface area contributed by atoms with Crippen LogP contribution in [0.25, 0.3) is 0 Å². The van der Waals surface area contributed by atoms with Crippen LogP contribution in [0.3, 0.4) is 0 Å². The Morgan fingerprint density at radius 1 is 1.53 bits per heavy atom. The summed E-state index contributed by atoms with van der Waals surface area (Å²) >= 11 is 5.76. The first kappa shape index (κ1) is 12.1. The third-order valence-corrected chi connectivity index (χ3v) is 2.50. The molecule has 1 rings (SSSR count). The molecule has 2 nitrogen and oxygen atoms in total. The van der Waals surface area contributed by atoms with E-state index in [4.69, 9.17) is 16.3 Å². The number of aryl methyl sites for hydroxylation is 1. The molecule has 0 saturated heterocycles. The molecule has 0 bridgehead atoms. The number of carbonyl (C=O) groups is 1. The Kier molecular flexibility index (Phi) is 4.15. The zero-order valence-electron chi connectivity index (χ0n) is 9.21. The summed E-state index contributed by atoms with van der Waals surface area (Å²) in [6.45, 7) is 3.72. The van der Waals surface area contributed by atoms with Gasteiger partial charge in [0.15, 0.2) is 5.78 Å². The number of alkyl halides is 1. The summed E-state index contributed by atoms with van der Waals surface area (Å²) in [5, 5.41) is -0.522. The number of methoxy groups -OCH3 is 1. The Morgan fingerprint density at radius 2 is 2.20 bits per heavy atom. The lowest BCUT2D eigenvalue weighted by Crippen LogP contribution is -2.12. The Hall–Kier alpha value is -1.02. The second-order valence-corrected chi connectivity index (χ2v) is 4.02. The highest BCUT2D eigenvalue weighted by atomic mass is 35.5. The molecule has 0 heterocycles. The maximum absolute atomic E-state index is 11.7. The topological polar surface area (TPSA) is 26.3 Å². The predicted molar refractivity (Wildman–Crippen MR) is 62.0 cm³/mol. The van der Waals surface area contributed by atoms with Gasteiger partial charge in [-0.05, 0) is 31.0 Å². The van der Waals surface area contributed by atoms with Gasteiger partial charge < -0.3 is 4.74 Å². The number of ketones is 1. The first-order chi connectivity index (χ1) is 7.10. The smallest absolute Gasteiger partial charge is 0.184 e. The van der Waals surface area contributed by atoms with Crippen molar-refractivity contribution in [1.82, 2.24) is 0 Å². The maximum Gasteiger partial charge on any atom is 0.184 e. The zero-order chi connectivity index (χ0) is 11.4. The highest BCUT2D eigenvalue weighted by Gasteiger charge is 2.16. The summed E-state index contributed by atoms with van der Waals surface area (Å²) in [6, 6.07) is 5.58. The lowest BCUT2D eigenvalue weighted by Gasteiger charge is -2.10. The molecule has 82 valence electrons. The highest BCUT2D eigenvalue weighted by Crippen LogP contribution is 2.23. The average molecular weight is 227 g/mol. The van der Waals surface area contributed by atoms with Crippen molar-refractivity contribution in [1.29, 1.82) is 0 Å². The summed E-state index contributed by atoms with van der Waals surface area (Å²) in [4.78, 5) is 11.7. The number of hydrogen-bond acceptors (Lipinski definition) is 2. The van der Waals surface area contributed by atoms with E-state index in [-0.39, 0.29) is 5.78 Å². The van der Waals surface area contributed by atoms with E-state index in [0.29, 0.717) is 11.3 Å². The van der Waals surface area contributed by atoms with Crippen LogP contribution >= 0.6 is 11.6 Å². The zero-order valence-corrected chi connectivity index (χ0v) is 9.97. The number of Topliss-reactive ketones (excluding diaryl/α,β-unsaturated/α-hetero) is 1. The van der Waals surface area contributed by atoms with Crippen molar-refractivity contribution in [2.45, 2.75) is 25.6 Å². The Morgan fingerprint density at radius 3 is 2.67 bits per heavy atom. The van der Waals surface area contributed by atoms with Crippen LogP contribution in [-0.4, -0.2) is 18.3 Å². The molecule has 0 saturated carbocycles. The Bertz CT molecular complexity index is 359. The molecular formula is C12H15ClO2. The van der Waals surface area contributed by atoms with E-state index in [1.54, 1.807) is 20.1 Å². The van der Waals surface area contributed by atoms with Crippen molar-refractivity contribution < 1.29 is 9.53 Å². The minimum absolute atomic E-state index is 0.101. The third-order valence-electron chi connectivity index (χ3n) is 2.30. The molecule has 0 aromatic heterocycles. The minimum atomic E-state index is -0.522. The first-order valence-electron chi connectivity index (χ1n) is 4.95. The molecule has 0 fully saturated rings. The van der Waals surface area contributed by atoms with Gasteiger partial charge in [0.25, 0.3) is 0 Å². The third kappa shape index (κ3) is 2.72. The predicted octanol–water partition coefficient (Wildman–Crippen LogP) is 3.07. The molecule has 1 aromatic carbocycles. The fourth-order valence-electron chi connectivity index (χ4n) is 1.37. The van der Waals surface area contributed by atoms with E-state index in [1.807, 2.05) is 12.1 Å². The normalized spacial score (nSPS) is 12.3. The van der Waals surface area contributed by atoms with Crippen molar-refractivity contribution in [2.75, 3.05) is 7.11 Å². The molecule has 3 heteroatoms. The minimum Gasteiger partial charge on any atom is -0.496 e. The molecule has 0 amide bonds. The van der Waals surface area contributed by atoms with E-state index in [0.717, 1.165) is 12.0 Å². The van der Waals surface area contributed by atoms with Gasteiger partial charge in [-0.2, -0.15) is 0 Å². The summed E-state index contributed by atoms with van der Waals surface area (Å²) in [5.74, 6) is 0.503. The molecule has 0 N–H and O–H groups in total. The van der Waals surface area contributed by atoms with Crippen molar-refractivity contribution in [3.63, 3.8) is 0 Å². The van der Waals surface area contributed by atoms with Crippen LogP contribution in [0.15, 0.2) is 18.2 Å². The summed E-state index contributed by atoms with van der Waals surface area (Å²) in [7, 11) is 1.56. The van der Waals surface area contributed by atoms with Crippen LogP contribution in [0.4, 0.5) is 0 Å². The molecule has 0 radical (unpaired) electrons. The Balaban J connectivity index is 3.13. The van der Waals surface area contributed by atoms with Crippen LogP contribution in [0.5, 0.6) is 5.75 Å². The molecule has 1 aromatic rings. The first-order valence-corrected chi connectivity index (χ1v) is 5.39. The highest BCUT2D eigenvalue weighted by molar-refractivity contribution is 6.33. The summed E-state index contributed by atoms with van der Waals surface area (Å²) in [5.41, 5.74) is 1.70. The summed E-state index contributed by atoms with van der Waals surface area (Å²) in [6.07, 6.45) is 0.918. The standard InChI is InChI=1S/C12H15ClO2/c1-4-9-5-6-10(11(7-9)15-3)12(14)8(2)13/h5-8H,4H2,1-3H3. The molecule has 15 heavy (non-hydrogen) atoms. The number of rotatable bonds is 4. The quantitative estimate of drug-likeness (QED) is 0.583. The Labute approximate surface area is 95.2 Å². The van der Waals surface area contributed by atoms with E-state index < -0.39 is 5.38 Å².